The van der Waals surface area contributed by atoms with Gasteiger partial charge in [-0.05, 0) is 6.92 Å². The van der Waals surface area contributed by atoms with E-state index in [9.17, 15) is 26.7 Å². The molecule has 0 unspecified atom stereocenters. The molecule has 0 aromatic carbocycles. The van der Waals surface area contributed by atoms with Gasteiger partial charge in [0.05, 0.1) is 12.9 Å². The first-order chi connectivity index (χ1) is 6.13. The van der Waals surface area contributed by atoms with Crippen molar-refractivity contribution in [3.8, 4) is 0 Å². The van der Waals surface area contributed by atoms with Crippen molar-refractivity contribution in [1.82, 2.24) is 0 Å². The first kappa shape index (κ1) is 12.9. The maximum Gasteiger partial charge on any atom is 0.461 e. The third-order valence-corrected chi connectivity index (χ3v) is 1.32. The number of hydrogen-bond acceptors (Lipinski definition) is 2. The van der Waals surface area contributed by atoms with Crippen LogP contribution in [0.1, 0.15) is 6.92 Å². The van der Waals surface area contributed by atoms with Crippen LogP contribution in [-0.2, 0) is 9.53 Å². The Hall–Kier alpha value is -1.14. The molecule has 0 aromatic rings. The summed E-state index contributed by atoms with van der Waals surface area (Å²) in [6.45, 7) is 1.09. The molecule has 0 radical (unpaired) electrons. The summed E-state index contributed by atoms with van der Waals surface area (Å²) in [7, 11) is 1.05. The van der Waals surface area contributed by atoms with E-state index in [2.05, 4.69) is 4.74 Å². The Kier molecular flexibility index (Phi) is 3.61. The third kappa shape index (κ3) is 2.68. The molecule has 0 aliphatic heterocycles. The van der Waals surface area contributed by atoms with Gasteiger partial charge < -0.3 is 4.74 Å². The van der Waals surface area contributed by atoms with Crippen LogP contribution in [0.25, 0.3) is 0 Å². The molecular formula is C7H7F5O2. The highest BCUT2D eigenvalue weighted by atomic mass is 19.4. The van der Waals surface area contributed by atoms with Crippen molar-refractivity contribution in [2.24, 2.45) is 0 Å². The molecule has 0 amide bonds. The van der Waals surface area contributed by atoms with Crippen molar-refractivity contribution >= 4 is 5.78 Å². The molecule has 0 fully saturated rings. The molecular weight excluding hydrogens is 211 g/mol. The summed E-state index contributed by atoms with van der Waals surface area (Å²) in [6, 6.07) is 0. The van der Waals surface area contributed by atoms with E-state index >= 15 is 0 Å². The van der Waals surface area contributed by atoms with E-state index in [1.165, 1.54) is 0 Å². The normalized spacial score (nSPS) is 14.1. The lowest BCUT2D eigenvalue weighted by Gasteiger charge is -2.16. The number of carbonyl (C=O) groups is 1. The Labute approximate surface area is 76.3 Å². The van der Waals surface area contributed by atoms with Crippen molar-refractivity contribution in [2.45, 2.75) is 19.0 Å². The highest BCUT2D eigenvalue weighted by Crippen LogP contribution is 2.36. The average Bonchev–Trinajstić information content (AvgIpc) is 2.01. The Balaban J connectivity index is 4.87. The lowest BCUT2D eigenvalue weighted by molar-refractivity contribution is -0.266. The second-order valence-corrected chi connectivity index (χ2v) is 2.40. The lowest BCUT2D eigenvalue weighted by atomic mass is 10.2. The van der Waals surface area contributed by atoms with Crippen LogP contribution < -0.4 is 0 Å². The number of halogens is 5. The maximum atomic E-state index is 12.2. The quantitative estimate of drug-likeness (QED) is 0.412. The van der Waals surface area contributed by atoms with Gasteiger partial charge in [0, 0.05) is 6.08 Å². The molecule has 0 atom stereocenters. The van der Waals surface area contributed by atoms with Crippen molar-refractivity contribution in [1.29, 1.82) is 0 Å². The van der Waals surface area contributed by atoms with Crippen molar-refractivity contribution in [2.75, 3.05) is 7.11 Å². The Morgan fingerprint density at radius 2 is 1.64 bits per heavy atom. The van der Waals surface area contributed by atoms with E-state index in [0.717, 1.165) is 14.0 Å². The van der Waals surface area contributed by atoms with Gasteiger partial charge in [0.2, 0.25) is 5.78 Å². The second kappa shape index (κ2) is 3.93. The number of methoxy groups -OCH3 is 1. The van der Waals surface area contributed by atoms with Crippen molar-refractivity contribution in [3.63, 3.8) is 0 Å². The smallest absolute Gasteiger partial charge is 0.461 e. The van der Waals surface area contributed by atoms with Crippen LogP contribution in [0.5, 0.6) is 0 Å². The SMILES string of the molecule is COC(C)=CC(=O)C(F)(F)C(F)(F)F. The van der Waals surface area contributed by atoms with Gasteiger partial charge in [0.1, 0.15) is 0 Å². The minimum Gasteiger partial charge on any atom is -0.501 e. The monoisotopic (exact) mass is 218 g/mol. The van der Waals surface area contributed by atoms with Gasteiger partial charge in [-0.2, -0.15) is 22.0 Å². The topological polar surface area (TPSA) is 26.3 Å². The zero-order chi connectivity index (χ0) is 11.6. The van der Waals surface area contributed by atoms with Gasteiger partial charge in [0.25, 0.3) is 0 Å². The van der Waals surface area contributed by atoms with E-state index < -0.39 is 17.9 Å². The highest BCUT2D eigenvalue weighted by molar-refractivity contribution is 5.96. The van der Waals surface area contributed by atoms with Gasteiger partial charge in [-0.3, -0.25) is 4.79 Å². The minimum atomic E-state index is -5.88. The molecule has 0 N–H and O–H groups in total. The van der Waals surface area contributed by atoms with Crippen LogP contribution in [-0.4, -0.2) is 25.0 Å². The summed E-state index contributed by atoms with van der Waals surface area (Å²) in [5.74, 6) is -8.03. The number of ketones is 1. The van der Waals surface area contributed by atoms with Gasteiger partial charge >= 0.3 is 12.1 Å². The minimum absolute atomic E-state index is 0.105. The lowest BCUT2D eigenvalue weighted by Crippen LogP contribution is -2.43. The molecule has 7 heteroatoms. The predicted molar refractivity (Wildman–Crippen MR) is 36.8 cm³/mol. The van der Waals surface area contributed by atoms with Crippen LogP contribution in [0, 0.1) is 0 Å². The molecule has 0 bridgehead atoms. The molecule has 0 aliphatic rings. The third-order valence-electron chi connectivity index (χ3n) is 1.32. The largest absolute Gasteiger partial charge is 0.501 e. The van der Waals surface area contributed by atoms with Gasteiger partial charge in [-0.15, -0.1) is 0 Å². The molecule has 2 nitrogen and oxygen atoms in total. The Bertz CT molecular complexity index is 253. The van der Waals surface area contributed by atoms with E-state index in [1.54, 1.807) is 0 Å². The Morgan fingerprint density at radius 1 is 1.21 bits per heavy atom. The van der Waals surface area contributed by atoms with Gasteiger partial charge in [-0.1, -0.05) is 0 Å². The van der Waals surface area contributed by atoms with Crippen LogP contribution in [0.15, 0.2) is 11.8 Å². The molecule has 14 heavy (non-hydrogen) atoms. The molecule has 0 aliphatic carbocycles. The number of hydrogen-bond donors (Lipinski definition) is 0. The summed E-state index contributed by atoms with van der Waals surface area (Å²) in [5.41, 5.74) is 0. The van der Waals surface area contributed by atoms with Crippen LogP contribution in [0.2, 0.25) is 0 Å². The van der Waals surface area contributed by atoms with Crippen LogP contribution in [0.4, 0.5) is 22.0 Å². The van der Waals surface area contributed by atoms with E-state index in [0.29, 0.717) is 0 Å². The maximum absolute atomic E-state index is 12.2. The Morgan fingerprint density at radius 3 is 1.93 bits per heavy atom. The zero-order valence-electron chi connectivity index (χ0n) is 7.28. The van der Waals surface area contributed by atoms with Crippen LogP contribution in [0.3, 0.4) is 0 Å². The summed E-state index contributed by atoms with van der Waals surface area (Å²) >= 11 is 0. The van der Waals surface area contributed by atoms with E-state index in [-0.39, 0.29) is 11.8 Å². The molecule has 0 heterocycles. The summed E-state index contributed by atoms with van der Waals surface area (Å²) < 4.78 is 63.6. The summed E-state index contributed by atoms with van der Waals surface area (Å²) in [4.78, 5) is 10.5. The summed E-state index contributed by atoms with van der Waals surface area (Å²) in [6.07, 6.45) is -5.78. The van der Waals surface area contributed by atoms with E-state index in [1.807, 2.05) is 0 Å². The summed E-state index contributed by atoms with van der Waals surface area (Å²) in [5, 5.41) is 0. The van der Waals surface area contributed by atoms with Crippen LogP contribution >= 0.6 is 0 Å². The van der Waals surface area contributed by atoms with E-state index in [4.69, 9.17) is 0 Å². The number of ether oxygens (including phenoxy) is 1. The fourth-order valence-electron chi connectivity index (χ4n) is 0.474. The number of carbonyl (C=O) groups excluding carboxylic acids is 1. The molecule has 82 valence electrons. The number of alkyl halides is 5. The highest BCUT2D eigenvalue weighted by Gasteiger charge is 2.62. The first-order valence-electron chi connectivity index (χ1n) is 3.34. The molecule has 0 aromatic heterocycles. The number of allylic oxidation sites excluding steroid dienone is 2. The fourth-order valence-corrected chi connectivity index (χ4v) is 0.474. The van der Waals surface area contributed by atoms with Gasteiger partial charge in [0.15, 0.2) is 0 Å². The van der Waals surface area contributed by atoms with Crippen molar-refractivity contribution in [3.05, 3.63) is 11.8 Å². The first-order valence-corrected chi connectivity index (χ1v) is 3.34. The second-order valence-electron chi connectivity index (χ2n) is 2.40. The fraction of sp³-hybridized carbons (Fsp3) is 0.571. The molecule has 0 saturated heterocycles. The molecule has 0 rings (SSSR count). The predicted octanol–water partition coefficient (Wildman–Crippen LogP) is 2.30. The zero-order valence-corrected chi connectivity index (χ0v) is 7.28. The number of rotatable bonds is 3. The molecule has 0 saturated carbocycles. The average molecular weight is 218 g/mol. The standard InChI is InChI=1S/C7H7F5O2/c1-4(14-2)3-5(13)6(8,9)7(10,11)12/h3H,1-2H3. The van der Waals surface area contributed by atoms with Crippen molar-refractivity contribution < 1.29 is 31.5 Å². The van der Waals surface area contributed by atoms with Gasteiger partial charge in [-0.25, -0.2) is 0 Å². The molecule has 0 spiro atoms.